The van der Waals surface area contributed by atoms with Crippen LogP contribution in [0.5, 0.6) is 11.5 Å². The number of rotatable bonds is 7. The van der Waals surface area contributed by atoms with Gasteiger partial charge in [0.1, 0.15) is 13.2 Å². The molecule has 2 aliphatic heterocycles. The van der Waals surface area contributed by atoms with Gasteiger partial charge in [0.2, 0.25) is 15.9 Å². The number of carbonyl (C=O) groups excluding carboxylic acids is 1. The van der Waals surface area contributed by atoms with Gasteiger partial charge in [-0.3, -0.25) is 9.69 Å². The van der Waals surface area contributed by atoms with Crippen molar-refractivity contribution >= 4 is 15.9 Å². The number of fused-ring (bicyclic) bond motifs is 1. The van der Waals surface area contributed by atoms with E-state index >= 15 is 0 Å². The summed E-state index contributed by atoms with van der Waals surface area (Å²) >= 11 is 0. The van der Waals surface area contributed by atoms with Gasteiger partial charge in [0.05, 0.1) is 11.4 Å². The van der Waals surface area contributed by atoms with E-state index in [0.29, 0.717) is 50.9 Å². The summed E-state index contributed by atoms with van der Waals surface area (Å²) in [7, 11) is -3.67. The van der Waals surface area contributed by atoms with Crippen LogP contribution in [0.4, 0.5) is 0 Å². The minimum absolute atomic E-state index is 0.0241. The van der Waals surface area contributed by atoms with Crippen LogP contribution in [0.15, 0.2) is 53.4 Å². The van der Waals surface area contributed by atoms with Crippen LogP contribution >= 0.6 is 0 Å². The fourth-order valence-corrected chi connectivity index (χ4v) is 5.46. The quantitative estimate of drug-likeness (QED) is 0.614. The number of amides is 1. The topological polar surface area (TPSA) is 79.4 Å². The van der Waals surface area contributed by atoms with E-state index in [1.54, 1.807) is 17.0 Å². The first-order valence-corrected chi connectivity index (χ1v) is 12.7. The van der Waals surface area contributed by atoms with Crippen molar-refractivity contribution in [2.45, 2.75) is 31.3 Å². The molecule has 2 aromatic rings. The van der Waals surface area contributed by atoms with E-state index in [0.717, 1.165) is 5.56 Å². The second-order valence-electron chi connectivity index (χ2n) is 8.57. The van der Waals surface area contributed by atoms with Crippen LogP contribution < -0.4 is 9.47 Å². The summed E-state index contributed by atoms with van der Waals surface area (Å²) in [6.45, 7) is 7.29. The average Bonchev–Trinajstić information content (AvgIpc) is 2.84. The van der Waals surface area contributed by atoms with E-state index < -0.39 is 10.0 Å². The van der Waals surface area contributed by atoms with Crippen molar-refractivity contribution in [1.29, 1.82) is 0 Å². The zero-order chi connectivity index (χ0) is 23.4. The molecular weight excluding hydrogens is 442 g/mol. The molecule has 0 bridgehead atoms. The summed E-state index contributed by atoms with van der Waals surface area (Å²) in [6.07, 6.45) is 0. The minimum atomic E-state index is -3.67. The highest BCUT2D eigenvalue weighted by Crippen LogP contribution is 2.33. The van der Waals surface area contributed by atoms with Crippen LogP contribution in [-0.2, 0) is 21.4 Å². The molecule has 2 heterocycles. The molecule has 4 rings (SSSR count). The molecule has 1 saturated heterocycles. The molecule has 0 aromatic heterocycles. The standard InChI is InChI=1S/C24H31N3O5S/c1-19(2)26(17-20-6-4-3-5-7-20)18-24(28)25-10-12-27(13-11-25)33(29,30)21-8-9-22-23(16-21)32-15-14-31-22/h3-9,16,19H,10-15,17-18H2,1-2H3. The van der Waals surface area contributed by atoms with Crippen LogP contribution in [-0.4, -0.2) is 80.4 Å². The first-order chi connectivity index (χ1) is 15.8. The normalized spacial score (nSPS) is 16.9. The minimum Gasteiger partial charge on any atom is -0.486 e. The molecule has 2 aromatic carbocycles. The second kappa shape index (κ2) is 10.1. The van der Waals surface area contributed by atoms with E-state index in [1.165, 1.54) is 10.4 Å². The van der Waals surface area contributed by atoms with Crippen molar-refractivity contribution in [2.75, 3.05) is 45.9 Å². The average molecular weight is 474 g/mol. The molecule has 178 valence electrons. The van der Waals surface area contributed by atoms with Gasteiger partial charge in [0, 0.05) is 44.8 Å². The fourth-order valence-electron chi connectivity index (χ4n) is 4.02. The Labute approximate surface area is 195 Å². The van der Waals surface area contributed by atoms with Crippen molar-refractivity contribution < 1.29 is 22.7 Å². The molecule has 8 nitrogen and oxygen atoms in total. The van der Waals surface area contributed by atoms with Crippen molar-refractivity contribution in [3.05, 3.63) is 54.1 Å². The highest BCUT2D eigenvalue weighted by molar-refractivity contribution is 7.89. The lowest BCUT2D eigenvalue weighted by molar-refractivity contribution is -0.134. The lowest BCUT2D eigenvalue weighted by atomic mass is 10.2. The van der Waals surface area contributed by atoms with Gasteiger partial charge < -0.3 is 14.4 Å². The number of piperazine rings is 1. The van der Waals surface area contributed by atoms with Gasteiger partial charge in [0.15, 0.2) is 11.5 Å². The van der Waals surface area contributed by atoms with Crippen LogP contribution in [0.25, 0.3) is 0 Å². The summed E-state index contributed by atoms with van der Waals surface area (Å²) in [5.74, 6) is 1.03. The van der Waals surface area contributed by atoms with Crippen LogP contribution in [0, 0.1) is 0 Å². The fraction of sp³-hybridized carbons (Fsp3) is 0.458. The number of carbonyl (C=O) groups is 1. The van der Waals surface area contributed by atoms with E-state index in [9.17, 15) is 13.2 Å². The van der Waals surface area contributed by atoms with Crippen LogP contribution in [0.3, 0.4) is 0 Å². The van der Waals surface area contributed by atoms with E-state index in [-0.39, 0.29) is 29.9 Å². The third kappa shape index (κ3) is 5.48. The van der Waals surface area contributed by atoms with E-state index in [2.05, 4.69) is 30.9 Å². The molecule has 0 atom stereocenters. The molecule has 0 aliphatic carbocycles. The molecule has 0 unspecified atom stereocenters. The monoisotopic (exact) mass is 473 g/mol. The Balaban J connectivity index is 1.36. The summed E-state index contributed by atoms with van der Waals surface area (Å²) in [5.41, 5.74) is 1.16. The predicted octanol–water partition coefficient (Wildman–Crippen LogP) is 2.20. The van der Waals surface area contributed by atoms with Gasteiger partial charge in [-0.1, -0.05) is 30.3 Å². The van der Waals surface area contributed by atoms with Gasteiger partial charge in [-0.05, 0) is 31.5 Å². The maximum Gasteiger partial charge on any atom is 0.243 e. The number of sulfonamides is 1. The summed E-state index contributed by atoms with van der Waals surface area (Å²) < 4.78 is 38.7. The Hall–Kier alpha value is -2.62. The molecule has 0 saturated carbocycles. The van der Waals surface area contributed by atoms with Crippen LogP contribution in [0.2, 0.25) is 0 Å². The number of ether oxygens (including phenoxy) is 2. The number of hydrogen-bond donors (Lipinski definition) is 0. The lowest BCUT2D eigenvalue weighted by Crippen LogP contribution is -2.53. The maximum absolute atomic E-state index is 13.1. The van der Waals surface area contributed by atoms with Gasteiger partial charge in [-0.2, -0.15) is 4.31 Å². The Bertz CT molecular complexity index is 1070. The Morgan fingerprint density at radius 2 is 1.64 bits per heavy atom. The molecule has 0 spiro atoms. The van der Waals surface area contributed by atoms with Gasteiger partial charge in [-0.15, -0.1) is 0 Å². The summed E-state index contributed by atoms with van der Waals surface area (Å²) in [6, 6.07) is 15.0. The molecule has 1 amide bonds. The third-order valence-corrected chi connectivity index (χ3v) is 7.93. The number of nitrogens with zero attached hydrogens (tertiary/aromatic N) is 3. The molecule has 1 fully saturated rings. The highest BCUT2D eigenvalue weighted by Gasteiger charge is 2.31. The van der Waals surface area contributed by atoms with E-state index in [1.807, 2.05) is 18.2 Å². The summed E-state index contributed by atoms with van der Waals surface area (Å²) in [5, 5.41) is 0. The van der Waals surface area contributed by atoms with Crippen molar-refractivity contribution in [3.8, 4) is 11.5 Å². The maximum atomic E-state index is 13.1. The smallest absolute Gasteiger partial charge is 0.243 e. The lowest BCUT2D eigenvalue weighted by Gasteiger charge is -2.36. The number of hydrogen-bond acceptors (Lipinski definition) is 6. The van der Waals surface area contributed by atoms with Gasteiger partial charge in [-0.25, -0.2) is 8.42 Å². The number of benzene rings is 2. The first-order valence-electron chi connectivity index (χ1n) is 11.3. The van der Waals surface area contributed by atoms with Crippen molar-refractivity contribution in [2.24, 2.45) is 0 Å². The molecule has 0 N–H and O–H groups in total. The molecule has 0 radical (unpaired) electrons. The molecule has 9 heteroatoms. The third-order valence-electron chi connectivity index (χ3n) is 6.04. The van der Waals surface area contributed by atoms with Crippen LogP contribution in [0.1, 0.15) is 19.4 Å². The van der Waals surface area contributed by atoms with Crippen molar-refractivity contribution in [3.63, 3.8) is 0 Å². The Morgan fingerprint density at radius 1 is 0.970 bits per heavy atom. The zero-order valence-electron chi connectivity index (χ0n) is 19.1. The zero-order valence-corrected chi connectivity index (χ0v) is 20.0. The van der Waals surface area contributed by atoms with Gasteiger partial charge >= 0.3 is 0 Å². The molecule has 33 heavy (non-hydrogen) atoms. The van der Waals surface area contributed by atoms with E-state index in [4.69, 9.17) is 9.47 Å². The Kier molecular flexibility index (Phi) is 7.21. The highest BCUT2D eigenvalue weighted by atomic mass is 32.2. The SMILES string of the molecule is CC(C)N(CC(=O)N1CCN(S(=O)(=O)c2ccc3c(c2)OCCO3)CC1)Cc1ccccc1. The second-order valence-corrected chi connectivity index (χ2v) is 10.5. The first kappa shape index (κ1) is 23.5. The molecule has 2 aliphatic rings. The predicted molar refractivity (Wildman–Crippen MR) is 125 cm³/mol. The van der Waals surface area contributed by atoms with Crippen molar-refractivity contribution in [1.82, 2.24) is 14.1 Å². The van der Waals surface area contributed by atoms with Gasteiger partial charge in [0.25, 0.3) is 0 Å². The molecular formula is C24H31N3O5S. The summed E-state index contributed by atoms with van der Waals surface area (Å²) in [4.78, 5) is 17.1. The Morgan fingerprint density at radius 3 is 2.30 bits per heavy atom. The largest absolute Gasteiger partial charge is 0.486 e.